The molecule has 43 heavy (non-hydrogen) atoms. The Morgan fingerprint density at radius 3 is 2.42 bits per heavy atom. The van der Waals surface area contributed by atoms with Crippen molar-refractivity contribution >= 4 is 17.6 Å². The molecule has 10 nitrogen and oxygen atoms in total. The summed E-state index contributed by atoms with van der Waals surface area (Å²) in [5.74, 6) is 2.60. The molecule has 3 aromatic rings. The number of hydrogen-bond donors (Lipinski definition) is 2. The smallest absolute Gasteiger partial charge is 0.257 e. The molecule has 0 aliphatic carbocycles. The summed E-state index contributed by atoms with van der Waals surface area (Å²) in [6.07, 6.45) is 0.975. The number of carbonyl (C=O) groups is 1. The molecule has 2 heterocycles. The third-order valence-corrected chi connectivity index (χ3v) is 7.91. The molecular formula is C33H39N5O5. The first kappa shape index (κ1) is 29.9. The second kappa shape index (κ2) is 13.2. The summed E-state index contributed by atoms with van der Waals surface area (Å²) in [4.78, 5) is 24.9. The van der Waals surface area contributed by atoms with E-state index >= 15 is 0 Å². The number of fused-ring (bicyclic) bond motifs is 3. The highest BCUT2D eigenvalue weighted by Gasteiger charge is 2.36. The van der Waals surface area contributed by atoms with Crippen molar-refractivity contribution in [1.82, 2.24) is 10.2 Å². The summed E-state index contributed by atoms with van der Waals surface area (Å²) in [7, 11) is 6.96. The number of rotatable bonds is 9. The maximum Gasteiger partial charge on any atom is 0.257 e. The first-order valence-corrected chi connectivity index (χ1v) is 14.4. The second-order valence-corrected chi connectivity index (χ2v) is 10.6. The van der Waals surface area contributed by atoms with Gasteiger partial charge in [0.2, 0.25) is 0 Å². The lowest BCUT2D eigenvalue weighted by Gasteiger charge is -2.39. The average molecular weight is 586 g/mol. The maximum atomic E-state index is 13.0. The SMILES string of the molecule is CCOc1cc2c(cc1OC)C(c1ccc(C(=O)NC(N)=NCc3ccc(OC)c(OC)c3)cc1)=N[C@@H]1CCN(C)C[C@H]21. The Labute approximate surface area is 252 Å². The standard InChI is InChI=1S/C33H39N5O5/c1-6-43-30-16-23-24(17-29(30)42-5)31(36-26-13-14-38(2)19-25(23)26)21-8-10-22(11-9-21)32(39)37-33(34)35-18-20-7-12-27(40-3)28(15-20)41-4/h7-12,15-17,25-26H,6,13-14,18-19H2,1-5H3,(H3,34,35,37,39)/t25-,26-/m1/s1. The van der Waals surface area contributed by atoms with Crippen molar-refractivity contribution in [2.24, 2.45) is 15.7 Å². The topological polar surface area (TPSA) is 120 Å². The van der Waals surface area contributed by atoms with E-state index in [1.165, 1.54) is 5.56 Å². The van der Waals surface area contributed by atoms with Gasteiger partial charge in [-0.1, -0.05) is 18.2 Å². The molecule has 0 spiro atoms. The Morgan fingerprint density at radius 2 is 1.72 bits per heavy atom. The number of likely N-dealkylation sites (tertiary alicyclic amines) is 1. The third kappa shape index (κ3) is 6.44. The number of hydrogen-bond acceptors (Lipinski definition) is 8. The molecule has 0 bridgehead atoms. The molecule has 1 fully saturated rings. The Hall–Kier alpha value is -4.57. The number of benzene rings is 3. The van der Waals surface area contributed by atoms with Crippen LogP contribution in [0.2, 0.25) is 0 Å². The molecule has 3 aromatic carbocycles. The molecule has 0 aromatic heterocycles. The molecule has 0 radical (unpaired) electrons. The van der Waals surface area contributed by atoms with Gasteiger partial charge in [0.25, 0.3) is 5.91 Å². The second-order valence-electron chi connectivity index (χ2n) is 10.6. The molecule has 2 aliphatic rings. The summed E-state index contributed by atoms with van der Waals surface area (Å²) in [5.41, 5.74) is 11.4. The molecule has 226 valence electrons. The van der Waals surface area contributed by atoms with E-state index < -0.39 is 0 Å². The van der Waals surface area contributed by atoms with Gasteiger partial charge in [0.1, 0.15) is 0 Å². The van der Waals surface area contributed by atoms with E-state index in [0.29, 0.717) is 29.4 Å². The van der Waals surface area contributed by atoms with Crippen LogP contribution in [0.4, 0.5) is 0 Å². The van der Waals surface area contributed by atoms with Crippen LogP contribution in [-0.4, -0.2) is 76.6 Å². The number of nitrogens with two attached hydrogens (primary N) is 1. The van der Waals surface area contributed by atoms with Gasteiger partial charge < -0.3 is 29.6 Å². The van der Waals surface area contributed by atoms with Crippen molar-refractivity contribution in [2.75, 3.05) is 48.1 Å². The van der Waals surface area contributed by atoms with Crippen molar-refractivity contribution in [2.45, 2.75) is 31.8 Å². The van der Waals surface area contributed by atoms with Crippen LogP contribution in [0.25, 0.3) is 0 Å². The number of carbonyl (C=O) groups excluding carboxylic acids is 1. The van der Waals surface area contributed by atoms with E-state index in [1.54, 1.807) is 39.5 Å². The summed E-state index contributed by atoms with van der Waals surface area (Å²) in [5, 5.41) is 2.67. The highest BCUT2D eigenvalue weighted by Crippen LogP contribution is 2.42. The lowest BCUT2D eigenvalue weighted by atomic mass is 9.79. The summed E-state index contributed by atoms with van der Waals surface area (Å²) >= 11 is 0. The lowest BCUT2D eigenvalue weighted by molar-refractivity contribution is 0.0976. The van der Waals surface area contributed by atoms with Crippen molar-refractivity contribution < 1.29 is 23.7 Å². The molecule has 1 amide bonds. The fraction of sp³-hybridized carbons (Fsp3) is 0.364. The number of nitrogens with zero attached hydrogens (tertiary/aromatic N) is 3. The number of likely N-dealkylation sites (N-methyl/N-ethyl adjacent to an activating group) is 1. The Bertz CT molecular complexity index is 1540. The molecule has 1 saturated heterocycles. The predicted molar refractivity (Wildman–Crippen MR) is 167 cm³/mol. The molecule has 0 saturated carbocycles. The lowest BCUT2D eigenvalue weighted by Crippen LogP contribution is -2.41. The molecule has 2 aliphatic heterocycles. The van der Waals surface area contributed by atoms with Crippen LogP contribution in [0.15, 0.2) is 64.6 Å². The third-order valence-electron chi connectivity index (χ3n) is 7.91. The first-order chi connectivity index (χ1) is 20.8. The minimum absolute atomic E-state index is 0.0277. The maximum absolute atomic E-state index is 13.0. The number of piperidine rings is 1. The molecule has 10 heteroatoms. The normalized spacial score (nSPS) is 18.2. The van der Waals surface area contributed by atoms with E-state index in [1.807, 2.05) is 37.3 Å². The molecular weight excluding hydrogens is 546 g/mol. The van der Waals surface area contributed by atoms with Crippen molar-refractivity contribution in [3.63, 3.8) is 0 Å². The summed E-state index contributed by atoms with van der Waals surface area (Å²) in [6, 6.07) is 17.2. The monoisotopic (exact) mass is 585 g/mol. The van der Waals surface area contributed by atoms with Crippen LogP contribution in [0.1, 0.15) is 51.9 Å². The van der Waals surface area contributed by atoms with Gasteiger partial charge in [-0.2, -0.15) is 0 Å². The van der Waals surface area contributed by atoms with Crippen LogP contribution in [-0.2, 0) is 6.54 Å². The van der Waals surface area contributed by atoms with Gasteiger partial charge in [0.05, 0.1) is 46.2 Å². The molecule has 2 atom stereocenters. The molecule has 5 rings (SSSR count). The van der Waals surface area contributed by atoms with Crippen LogP contribution in [0.3, 0.4) is 0 Å². The quantitative estimate of drug-likeness (QED) is 0.288. The number of amides is 1. The highest BCUT2D eigenvalue weighted by atomic mass is 16.5. The fourth-order valence-corrected chi connectivity index (χ4v) is 5.71. The minimum atomic E-state index is -0.343. The minimum Gasteiger partial charge on any atom is -0.493 e. The van der Waals surface area contributed by atoms with Gasteiger partial charge in [-0.15, -0.1) is 0 Å². The van der Waals surface area contributed by atoms with Crippen molar-refractivity contribution in [3.05, 3.63) is 82.4 Å². The van der Waals surface area contributed by atoms with Crippen LogP contribution in [0, 0.1) is 0 Å². The van der Waals surface area contributed by atoms with E-state index in [2.05, 4.69) is 28.3 Å². The summed E-state index contributed by atoms with van der Waals surface area (Å²) < 4.78 is 22.2. The molecule has 0 unspecified atom stereocenters. The largest absolute Gasteiger partial charge is 0.493 e. The van der Waals surface area contributed by atoms with Gasteiger partial charge in [0, 0.05) is 29.2 Å². The Morgan fingerprint density at radius 1 is 1.00 bits per heavy atom. The van der Waals surface area contributed by atoms with Crippen LogP contribution < -0.4 is 30.0 Å². The van der Waals surface area contributed by atoms with Crippen molar-refractivity contribution in [3.8, 4) is 23.0 Å². The first-order valence-electron chi connectivity index (χ1n) is 14.4. The number of nitrogens with one attached hydrogen (secondary N) is 1. The zero-order valence-corrected chi connectivity index (χ0v) is 25.3. The van der Waals surface area contributed by atoms with Crippen LogP contribution >= 0.6 is 0 Å². The van der Waals surface area contributed by atoms with Gasteiger partial charge in [-0.25, -0.2) is 4.99 Å². The van der Waals surface area contributed by atoms with Gasteiger partial charge >= 0.3 is 0 Å². The zero-order valence-electron chi connectivity index (χ0n) is 25.3. The number of guanidine groups is 1. The number of aliphatic imine (C=N–C) groups is 2. The van der Waals surface area contributed by atoms with E-state index in [-0.39, 0.29) is 30.4 Å². The molecule has 3 N–H and O–H groups in total. The van der Waals surface area contributed by atoms with Crippen LogP contribution in [0.5, 0.6) is 23.0 Å². The highest BCUT2D eigenvalue weighted by molar-refractivity contribution is 6.15. The van der Waals surface area contributed by atoms with Gasteiger partial charge in [-0.3, -0.25) is 15.1 Å². The van der Waals surface area contributed by atoms with E-state index in [0.717, 1.165) is 47.7 Å². The average Bonchev–Trinajstić information content (AvgIpc) is 3.03. The Kier molecular flexibility index (Phi) is 9.16. The van der Waals surface area contributed by atoms with Gasteiger partial charge in [-0.05, 0) is 74.5 Å². The number of ether oxygens (including phenoxy) is 4. The fourth-order valence-electron chi connectivity index (χ4n) is 5.71. The summed E-state index contributed by atoms with van der Waals surface area (Å²) in [6.45, 7) is 4.73. The van der Waals surface area contributed by atoms with Crippen molar-refractivity contribution in [1.29, 1.82) is 0 Å². The number of methoxy groups -OCH3 is 3. The van der Waals surface area contributed by atoms with Gasteiger partial charge in [0.15, 0.2) is 29.0 Å². The predicted octanol–water partition coefficient (Wildman–Crippen LogP) is 3.99. The zero-order chi connectivity index (χ0) is 30.5. The Balaban J connectivity index is 1.35. The van der Waals surface area contributed by atoms with E-state index in [9.17, 15) is 4.79 Å². The van der Waals surface area contributed by atoms with E-state index in [4.69, 9.17) is 29.7 Å².